The Kier molecular flexibility index (Phi) is 4.14. The molecule has 0 bridgehead atoms. The van der Waals surface area contributed by atoms with Crippen molar-refractivity contribution in [3.8, 4) is 0 Å². The number of carbonyl (C=O) groups is 1. The molecule has 0 heterocycles. The number of amides is 1. The fourth-order valence-electron chi connectivity index (χ4n) is 2.07. The summed E-state index contributed by atoms with van der Waals surface area (Å²) in [4.78, 5) is 11.8. The summed E-state index contributed by atoms with van der Waals surface area (Å²) in [6, 6.07) is 11.7. The number of nitrogens with one attached hydrogen (secondary N) is 1. The van der Waals surface area contributed by atoms with Crippen LogP contribution in [0.1, 0.15) is 19.4 Å². The van der Waals surface area contributed by atoms with Crippen molar-refractivity contribution < 1.29 is 4.79 Å². The van der Waals surface area contributed by atoms with Gasteiger partial charge >= 0.3 is 0 Å². The van der Waals surface area contributed by atoms with Crippen LogP contribution in [0.4, 0.5) is 5.69 Å². The number of anilines is 1. The van der Waals surface area contributed by atoms with E-state index in [9.17, 15) is 4.79 Å². The lowest BCUT2D eigenvalue weighted by Gasteiger charge is -2.22. The molecular formula is C16H19N3OS. The molecule has 0 aromatic heterocycles. The highest BCUT2D eigenvalue weighted by atomic mass is 32.1. The highest BCUT2D eigenvalue weighted by Crippen LogP contribution is 2.28. The van der Waals surface area contributed by atoms with Crippen LogP contribution in [0.25, 0.3) is 10.8 Å². The van der Waals surface area contributed by atoms with Crippen LogP contribution in [0, 0.1) is 5.41 Å². The fraction of sp³-hybridized carbons (Fsp3) is 0.250. The number of hydrogen-bond donors (Lipinski definition) is 3. The number of nitrogens with two attached hydrogens (primary N) is 2. The summed E-state index contributed by atoms with van der Waals surface area (Å²) in [5.74, 6) is -0.334. The van der Waals surface area contributed by atoms with E-state index >= 15 is 0 Å². The summed E-state index contributed by atoms with van der Waals surface area (Å²) in [5.41, 5.74) is 12.3. The number of benzene rings is 2. The molecule has 0 saturated carbocycles. The van der Waals surface area contributed by atoms with Crippen molar-refractivity contribution in [3.63, 3.8) is 0 Å². The summed E-state index contributed by atoms with van der Waals surface area (Å²) in [6.07, 6.45) is 0. The van der Waals surface area contributed by atoms with Crippen LogP contribution in [-0.2, 0) is 4.79 Å². The zero-order valence-corrected chi connectivity index (χ0v) is 13.0. The SMILES string of the molecule is CC(C)(CNc1ccc(C(N)=S)c2ccccc12)C(N)=O. The molecule has 110 valence electrons. The fourth-order valence-corrected chi connectivity index (χ4v) is 2.25. The van der Waals surface area contributed by atoms with Gasteiger partial charge in [0.2, 0.25) is 5.91 Å². The molecule has 0 atom stereocenters. The molecule has 0 aliphatic rings. The van der Waals surface area contributed by atoms with Crippen LogP contribution in [0.2, 0.25) is 0 Å². The van der Waals surface area contributed by atoms with Crippen molar-refractivity contribution in [2.24, 2.45) is 16.9 Å². The van der Waals surface area contributed by atoms with Gasteiger partial charge in [-0.15, -0.1) is 0 Å². The van der Waals surface area contributed by atoms with Gasteiger partial charge < -0.3 is 16.8 Å². The third kappa shape index (κ3) is 3.13. The maximum Gasteiger partial charge on any atom is 0.224 e. The maximum absolute atomic E-state index is 11.4. The molecular weight excluding hydrogens is 282 g/mol. The van der Waals surface area contributed by atoms with Gasteiger partial charge in [-0.05, 0) is 31.4 Å². The highest BCUT2D eigenvalue weighted by molar-refractivity contribution is 7.80. The Morgan fingerprint density at radius 2 is 1.76 bits per heavy atom. The standard InChI is InChI=1S/C16H19N3OS/c1-16(2,15(18)20)9-19-13-8-7-12(14(17)21)10-5-3-4-6-11(10)13/h3-8,19H,9H2,1-2H3,(H2,17,21)(H2,18,20). The minimum absolute atomic E-state index is 0.334. The second-order valence-corrected chi connectivity index (χ2v) is 6.11. The maximum atomic E-state index is 11.4. The van der Waals surface area contributed by atoms with E-state index < -0.39 is 5.41 Å². The molecule has 21 heavy (non-hydrogen) atoms. The monoisotopic (exact) mass is 301 g/mol. The number of rotatable bonds is 5. The zero-order valence-electron chi connectivity index (χ0n) is 12.1. The molecule has 0 saturated heterocycles. The van der Waals surface area contributed by atoms with Crippen molar-refractivity contribution in [3.05, 3.63) is 42.0 Å². The van der Waals surface area contributed by atoms with Crippen molar-refractivity contribution in [2.75, 3.05) is 11.9 Å². The van der Waals surface area contributed by atoms with Crippen LogP contribution in [0.15, 0.2) is 36.4 Å². The van der Waals surface area contributed by atoms with Crippen LogP contribution in [-0.4, -0.2) is 17.4 Å². The van der Waals surface area contributed by atoms with Crippen molar-refractivity contribution in [1.82, 2.24) is 0 Å². The van der Waals surface area contributed by atoms with Gasteiger partial charge in [0.05, 0.1) is 5.41 Å². The molecule has 2 aromatic rings. The largest absolute Gasteiger partial charge is 0.389 e. The lowest BCUT2D eigenvalue weighted by molar-refractivity contribution is -0.125. The Hall–Kier alpha value is -2.14. The topological polar surface area (TPSA) is 81.1 Å². The summed E-state index contributed by atoms with van der Waals surface area (Å²) in [7, 11) is 0. The predicted molar refractivity (Wildman–Crippen MR) is 91.3 cm³/mol. The summed E-state index contributed by atoms with van der Waals surface area (Å²) in [6.45, 7) is 4.08. The van der Waals surface area contributed by atoms with Gasteiger partial charge in [-0.1, -0.05) is 36.5 Å². The van der Waals surface area contributed by atoms with Gasteiger partial charge in [0, 0.05) is 23.2 Å². The Bertz CT molecular complexity index is 710. The molecule has 5 N–H and O–H groups in total. The lowest BCUT2D eigenvalue weighted by Crippen LogP contribution is -2.37. The normalized spacial score (nSPS) is 11.3. The molecule has 4 nitrogen and oxygen atoms in total. The number of carbonyl (C=O) groups excluding carboxylic acids is 1. The van der Waals surface area contributed by atoms with Gasteiger partial charge in [0.1, 0.15) is 4.99 Å². The molecule has 0 spiro atoms. The first-order chi connectivity index (χ1) is 9.83. The van der Waals surface area contributed by atoms with Crippen LogP contribution in [0.3, 0.4) is 0 Å². The van der Waals surface area contributed by atoms with E-state index in [1.54, 1.807) is 0 Å². The van der Waals surface area contributed by atoms with Crippen LogP contribution in [0.5, 0.6) is 0 Å². The first kappa shape index (κ1) is 15.3. The molecule has 2 rings (SSSR count). The minimum atomic E-state index is -0.622. The van der Waals surface area contributed by atoms with E-state index in [1.165, 1.54) is 0 Å². The molecule has 0 radical (unpaired) electrons. The van der Waals surface area contributed by atoms with E-state index in [-0.39, 0.29) is 5.91 Å². The first-order valence-corrected chi connectivity index (χ1v) is 7.09. The molecule has 2 aromatic carbocycles. The van der Waals surface area contributed by atoms with E-state index in [4.69, 9.17) is 23.7 Å². The number of hydrogen-bond acceptors (Lipinski definition) is 3. The molecule has 0 unspecified atom stereocenters. The molecule has 5 heteroatoms. The van der Waals surface area contributed by atoms with Crippen molar-refractivity contribution in [1.29, 1.82) is 0 Å². The number of thiocarbonyl (C=S) groups is 1. The average molecular weight is 301 g/mol. The predicted octanol–water partition coefficient (Wildman–Crippen LogP) is 2.40. The van der Waals surface area contributed by atoms with E-state index in [0.717, 1.165) is 22.0 Å². The second kappa shape index (κ2) is 5.69. The summed E-state index contributed by atoms with van der Waals surface area (Å²) < 4.78 is 0. The third-order valence-corrected chi connectivity index (χ3v) is 3.80. The lowest BCUT2D eigenvalue weighted by atomic mass is 9.92. The van der Waals surface area contributed by atoms with Crippen LogP contribution < -0.4 is 16.8 Å². The van der Waals surface area contributed by atoms with Gasteiger partial charge in [0.25, 0.3) is 0 Å². The second-order valence-electron chi connectivity index (χ2n) is 5.67. The van der Waals surface area contributed by atoms with Gasteiger partial charge in [-0.3, -0.25) is 4.79 Å². The first-order valence-electron chi connectivity index (χ1n) is 6.68. The summed E-state index contributed by atoms with van der Waals surface area (Å²) >= 11 is 5.09. The van der Waals surface area contributed by atoms with E-state index in [0.29, 0.717) is 11.5 Å². The molecule has 0 aliphatic carbocycles. The smallest absolute Gasteiger partial charge is 0.224 e. The third-order valence-electron chi connectivity index (χ3n) is 3.58. The quantitative estimate of drug-likeness (QED) is 0.741. The Balaban J connectivity index is 2.40. The molecule has 0 fully saturated rings. The van der Waals surface area contributed by atoms with E-state index in [1.807, 2.05) is 50.2 Å². The van der Waals surface area contributed by atoms with Gasteiger partial charge in [0.15, 0.2) is 0 Å². The Morgan fingerprint density at radius 1 is 1.14 bits per heavy atom. The summed E-state index contributed by atoms with van der Waals surface area (Å²) in [5, 5.41) is 5.30. The zero-order chi connectivity index (χ0) is 15.6. The molecule has 1 amide bonds. The van der Waals surface area contributed by atoms with Crippen molar-refractivity contribution >= 4 is 39.6 Å². The Morgan fingerprint density at radius 3 is 2.33 bits per heavy atom. The molecule has 0 aliphatic heterocycles. The van der Waals surface area contributed by atoms with Crippen molar-refractivity contribution in [2.45, 2.75) is 13.8 Å². The van der Waals surface area contributed by atoms with Gasteiger partial charge in [-0.2, -0.15) is 0 Å². The highest BCUT2D eigenvalue weighted by Gasteiger charge is 2.24. The number of primary amides is 1. The van der Waals surface area contributed by atoms with E-state index in [2.05, 4.69) is 5.32 Å². The van der Waals surface area contributed by atoms with Gasteiger partial charge in [-0.25, -0.2) is 0 Å². The van der Waals surface area contributed by atoms with Crippen LogP contribution >= 0.6 is 12.2 Å². The minimum Gasteiger partial charge on any atom is -0.389 e. The Labute approximate surface area is 129 Å². The average Bonchev–Trinajstić information content (AvgIpc) is 2.44. The number of fused-ring (bicyclic) bond motifs is 1.